The van der Waals surface area contributed by atoms with Crippen molar-refractivity contribution in [3.05, 3.63) is 35.7 Å². The highest BCUT2D eigenvalue weighted by atomic mass is 32.2. The zero-order valence-corrected chi connectivity index (χ0v) is 16.0. The van der Waals surface area contributed by atoms with Crippen LogP contribution in [-0.4, -0.2) is 39.6 Å². The Morgan fingerprint density at radius 2 is 2.15 bits per heavy atom. The summed E-state index contributed by atoms with van der Waals surface area (Å²) in [6.07, 6.45) is 2.53. The van der Waals surface area contributed by atoms with Gasteiger partial charge in [0, 0.05) is 18.7 Å². The Balaban J connectivity index is 1.29. The molecular formula is C17H19N5O2S2. The van der Waals surface area contributed by atoms with Gasteiger partial charge in [-0.15, -0.1) is 10.2 Å². The first-order chi connectivity index (χ1) is 12.8. The molecule has 1 aliphatic rings. The second kappa shape index (κ2) is 8.15. The highest BCUT2D eigenvalue weighted by molar-refractivity contribution is 8.00. The molecule has 3 aromatic rings. The molecule has 0 unspecified atom stereocenters. The lowest BCUT2D eigenvalue weighted by Gasteiger charge is -2.08. The van der Waals surface area contributed by atoms with E-state index in [4.69, 9.17) is 9.26 Å². The Morgan fingerprint density at radius 3 is 2.96 bits per heavy atom. The second-order valence-corrected chi connectivity index (χ2v) is 8.26. The van der Waals surface area contributed by atoms with Gasteiger partial charge in [0.25, 0.3) is 5.89 Å². The first kappa shape index (κ1) is 17.4. The van der Waals surface area contributed by atoms with Crippen molar-refractivity contribution >= 4 is 28.2 Å². The van der Waals surface area contributed by atoms with Crippen LogP contribution >= 0.6 is 23.1 Å². The number of aryl methyl sites for hydroxylation is 1. The molecule has 1 aliphatic heterocycles. The van der Waals surface area contributed by atoms with Gasteiger partial charge in [0.15, 0.2) is 10.2 Å². The Kier molecular flexibility index (Phi) is 5.47. The summed E-state index contributed by atoms with van der Waals surface area (Å²) in [7, 11) is 0. The van der Waals surface area contributed by atoms with Crippen molar-refractivity contribution in [2.24, 2.45) is 0 Å². The summed E-state index contributed by atoms with van der Waals surface area (Å²) in [5.74, 6) is 1.78. The fourth-order valence-electron chi connectivity index (χ4n) is 2.60. The topological polar surface area (TPSA) is 86.0 Å². The Bertz CT molecular complexity index is 843. The molecule has 1 N–H and O–H groups in total. The highest BCUT2D eigenvalue weighted by Gasteiger charge is 2.16. The SMILES string of the molecule is Cc1ccc(-c2nc(CSc3nnc(NC[C@@H]4CCCO4)s3)no2)cc1. The monoisotopic (exact) mass is 389 g/mol. The maximum Gasteiger partial charge on any atom is 0.257 e. The highest BCUT2D eigenvalue weighted by Crippen LogP contribution is 2.28. The van der Waals surface area contributed by atoms with Gasteiger partial charge in [-0.2, -0.15) is 4.98 Å². The van der Waals surface area contributed by atoms with Crippen LogP contribution in [0.1, 0.15) is 24.2 Å². The summed E-state index contributed by atoms with van der Waals surface area (Å²) in [6.45, 7) is 3.69. The molecule has 0 amide bonds. The smallest absolute Gasteiger partial charge is 0.257 e. The summed E-state index contributed by atoms with van der Waals surface area (Å²) in [4.78, 5) is 4.45. The lowest BCUT2D eigenvalue weighted by molar-refractivity contribution is 0.120. The van der Waals surface area contributed by atoms with E-state index in [1.165, 1.54) is 16.9 Å². The van der Waals surface area contributed by atoms with Gasteiger partial charge in [-0.05, 0) is 31.9 Å². The van der Waals surface area contributed by atoms with E-state index >= 15 is 0 Å². The standard InChI is InChI=1S/C17H19N5O2S2/c1-11-4-6-12(7-5-11)15-19-14(22-24-15)10-25-17-21-20-16(26-17)18-9-13-3-2-8-23-13/h4-7,13H,2-3,8-10H2,1H3,(H,18,20)/t13-/m0/s1. The van der Waals surface area contributed by atoms with Crippen LogP contribution < -0.4 is 5.32 Å². The lowest BCUT2D eigenvalue weighted by atomic mass is 10.1. The van der Waals surface area contributed by atoms with E-state index in [1.54, 1.807) is 11.8 Å². The van der Waals surface area contributed by atoms with Gasteiger partial charge in [-0.3, -0.25) is 0 Å². The summed E-state index contributed by atoms with van der Waals surface area (Å²) in [5, 5.41) is 16.5. The van der Waals surface area contributed by atoms with Crippen molar-refractivity contribution in [3.63, 3.8) is 0 Å². The average Bonchev–Trinajstić information content (AvgIpc) is 3.40. The number of nitrogens with one attached hydrogen (secondary N) is 1. The molecule has 9 heteroatoms. The summed E-state index contributed by atoms with van der Waals surface area (Å²) >= 11 is 3.08. The van der Waals surface area contributed by atoms with E-state index in [9.17, 15) is 0 Å². The molecule has 136 valence electrons. The molecule has 2 aromatic heterocycles. The normalized spacial score (nSPS) is 16.9. The van der Waals surface area contributed by atoms with Crippen molar-refractivity contribution in [2.45, 2.75) is 36.0 Å². The van der Waals surface area contributed by atoms with Crippen molar-refractivity contribution < 1.29 is 9.26 Å². The Labute approximate surface area is 159 Å². The van der Waals surface area contributed by atoms with E-state index in [1.807, 2.05) is 31.2 Å². The molecule has 1 aromatic carbocycles. The van der Waals surface area contributed by atoms with Crippen molar-refractivity contribution in [2.75, 3.05) is 18.5 Å². The summed E-state index contributed by atoms with van der Waals surface area (Å²) in [6, 6.07) is 8.02. The molecule has 1 saturated heterocycles. The van der Waals surface area contributed by atoms with Crippen LogP contribution in [0.3, 0.4) is 0 Å². The number of hydrogen-bond donors (Lipinski definition) is 1. The van der Waals surface area contributed by atoms with Crippen LogP contribution in [0.5, 0.6) is 0 Å². The van der Waals surface area contributed by atoms with Gasteiger partial charge in [0.1, 0.15) is 0 Å². The number of hydrogen-bond acceptors (Lipinski definition) is 9. The number of nitrogens with zero attached hydrogens (tertiary/aromatic N) is 4. The largest absolute Gasteiger partial charge is 0.376 e. The molecule has 1 atom stereocenters. The van der Waals surface area contributed by atoms with Gasteiger partial charge < -0.3 is 14.6 Å². The number of aromatic nitrogens is 4. The van der Waals surface area contributed by atoms with E-state index in [0.717, 1.165) is 41.0 Å². The predicted octanol–water partition coefficient (Wildman–Crippen LogP) is 3.78. The number of anilines is 1. The molecule has 0 bridgehead atoms. The molecule has 7 nitrogen and oxygen atoms in total. The molecule has 4 rings (SSSR count). The van der Waals surface area contributed by atoms with Gasteiger partial charge in [0.2, 0.25) is 5.13 Å². The molecule has 0 spiro atoms. The maximum atomic E-state index is 5.59. The molecule has 0 aliphatic carbocycles. The molecule has 26 heavy (non-hydrogen) atoms. The fraction of sp³-hybridized carbons (Fsp3) is 0.412. The van der Waals surface area contributed by atoms with Gasteiger partial charge in [-0.1, -0.05) is 46.0 Å². The number of thioether (sulfide) groups is 1. The first-order valence-corrected chi connectivity index (χ1v) is 10.3. The predicted molar refractivity (Wildman–Crippen MR) is 101 cm³/mol. The Morgan fingerprint density at radius 1 is 1.27 bits per heavy atom. The third-order valence-electron chi connectivity index (χ3n) is 4.00. The Hall–Kier alpha value is -1.97. The van der Waals surface area contributed by atoms with Crippen LogP contribution in [0.15, 0.2) is 33.1 Å². The van der Waals surface area contributed by atoms with E-state index in [0.29, 0.717) is 17.5 Å². The van der Waals surface area contributed by atoms with Crippen molar-refractivity contribution in [1.29, 1.82) is 0 Å². The molecule has 3 heterocycles. The minimum absolute atomic E-state index is 0.287. The fourth-order valence-corrected chi connectivity index (χ4v) is 4.20. The van der Waals surface area contributed by atoms with Gasteiger partial charge >= 0.3 is 0 Å². The van der Waals surface area contributed by atoms with Crippen LogP contribution in [0.25, 0.3) is 11.5 Å². The number of benzene rings is 1. The van der Waals surface area contributed by atoms with Crippen LogP contribution in [0.2, 0.25) is 0 Å². The lowest BCUT2D eigenvalue weighted by Crippen LogP contribution is -2.18. The van der Waals surface area contributed by atoms with Crippen molar-refractivity contribution in [1.82, 2.24) is 20.3 Å². The molecule has 0 radical (unpaired) electrons. The van der Waals surface area contributed by atoms with Crippen LogP contribution in [-0.2, 0) is 10.5 Å². The zero-order chi connectivity index (χ0) is 17.8. The number of ether oxygens (including phenoxy) is 1. The molecule has 0 saturated carbocycles. The van der Waals surface area contributed by atoms with Crippen molar-refractivity contribution in [3.8, 4) is 11.5 Å². The quantitative estimate of drug-likeness (QED) is 0.611. The van der Waals surface area contributed by atoms with E-state index < -0.39 is 0 Å². The zero-order valence-electron chi connectivity index (χ0n) is 14.3. The van der Waals surface area contributed by atoms with Gasteiger partial charge in [-0.25, -0.2) is 0 Å². The average molecular weight is 390 g/mol. The second-order valence-electron chi connectivity index (χ2n) is 6.06. The third-order valence-corrected chi connectivity index (χ3v) is 6.01. The van der Waals surface area contributed by atoms with E-state index in [-0.39, 0.29) is 6.10 Å². The molecular weight excluding hydrogens is 370 g/mol. The summed E-state index contributed by atoms with van der Waals surface area (Å²) in [5.41, 5.74) is 2.13. The summed E-state index contributed by atoms with van der Waals surface area (Å²) < 4.78 is 11.8. The molecule has 1 fully saturated rings. The minimum Gasteiger partial charge on any atom is -0.376 e. The third kappa shape index (κ3) is 4.40. The number of rotatable bonds is 7. The van der Waals surface area contributed by atoms with Crippen LogP contribution in [0, 0.1) is 6.92 Å². The van der Waals surface area contributed by atoms with Crippen LogP contribution in [0.4, 0.5) is 5.13 Å². The maximum absolute atomic E-state index is 5.59. The van der Waals surface area contributed by atoms with E-state index in [2.05, 4.69) is 25.7 Å². The minimum atomic E-state index is 0.287. The van der Waals surface area contributed by atoms with Gasteiger partial charge in [0.05, 0.1) is 11.9 Å². The first-order valence-electron chi connectivity index (χ1n) is 8.48.